The fourth-order valence-electron chi connectivity index (χ4n) is 4.42. The molecule has 0 saturated carbocycles. The van der Waals surface area contributed by atoms with Crippen LogP contribution in [0, 0.1) is 19.8 Å². The number of methoxy groups -OCH3 is 2. The summed E-state index contributed by atoms with van der Waals surface area (Å²) >= 11 is 0. The summed E-state index contributed by atoms with van der Waals surface area (Å²) in [4.78, 5) is 39.3. The lowest BCUT2D eigenvalue weighted by Crippen LogP contribution is -2.38. The molecule has 3 rings (SSSR count). The summed E-state index contributed by atoms with van der Waals surface area (Å²) in [6, 6.07) is 13.7. The molecular formula is C34H34F3NO5. The number of ether oxygens (including phenoxy) is 2. The Hall–Kier alpha value is -4.50. The average Bonchev–Trinajstić information content (AvgIpc) is 2.97. The zero-order valence-electron chi connectivity index (χ0n) is 24.6. The molecule has 43 heavy (non-hydrogen) atoms. The van der Waals surface area contributed by atoms with E-state index in [-0.39, 0.29) is 17.9 Å². The van der Waals surface area contributed by atoms with Crippen LogP contribution in [0.25, 0.3) is 12.2 Å². The number of benzene rings is 3. The number of hydrogen-bond donors (Lipinski definition) is 1. The van der Waals surface area contributed by atoms with Crippen molar-refractivity contribution < 1.29 is 37.0 Å². The van der Waals surface area contributed by atoms with Gasteiger partial charge in [0.05, 0.1) is 26.3 Å². The number of nitrogens with one attached hydrogen (secondary N) is 1. The van der Waals surface area contributed by atoms with Gasteiger partial charge in [-0.25, -0.2) is 0 Å². The van der Waals surface area contributed by atoms with Crippen molar-refractivity contribution in [3.05, 3.63) is 106 Å². The molecule has 2 atom stereocenters. The van der Waals surface area contributed by atoms with Crippen LogP contribution in [-0.2, 0) is 20.6 Å². The first kappa shape index (κ1) is 33.0. The van der Waals surface area contributed by atoms with E-state index in [0.29, 0.717) is 17.1 Å². The Morgan fingerprint density at radius 1 is 0.791 bits per heavy atom. The zero-order chi connectivity index (χ0) is 31.7. The summed E-state index contributed by atoms with van der Waals surface area (Å²) in [6.07, 6.45) is 1.04. The van der Waals surface area contributed by atoms with E-state index >= 15 is 0 Å². The van der Waals surface area contributed by atoms with Gasteiger partial charge in [0.25, 0.3) is 0 Å². The third kappa shape index (κ3) is 8.99. The summed E-state index contributed by atoms with van der Waals surface area (Å²) in [5.74, 6) is -1.93. The van der Waals surface area contributed by atoms with Gasteiger partial charge in [-0.2, -0.15) is 13.2 Å². The highest BCUT2D eigenvalue weighted by Gasteiger charge is 2.35. The van der Waals surface area contributed by atoms with E-state index in [1.807, 2.05) is 32.0 Å². The monoisotopic (exact) mass is 593 g/mol. The standard InChI is InChI=1S/C34H34F3NO5/c1-21-6-7-24(18-22(21)2)8-15-28(40)32(29(41)16-9-25-10-17-30(42-4)31(19-25)43-5)33(38-20-23(3)39)26-11-13-27(14-12-26)34(35,36)37/h6-19,32-33,38H,20H2,1-5H3/b15-8+,16-9+. The number of aryl methyl sites for hydroxylation is 2. The van der Waals surface area contributed by atoms with Crippen LogP contribution < -0.4 is 14.8 Å². The van der Waals surface area contributed by atoms with Crippen LogP contribution in [0.15, 0.2) is 72.8 Å². The molecule has 1 N–H and O–H groups in total. The Morgan fingerprint density at radius 2 is 1.35 bits per heavy atom. The Bertz CT molecular complexity index is 1520. The lowest BCUT2D eigenvalue weighted by Gasteiger charge is -2.25. The van der Waals surface area contributed by atoms with Crippen LogP contribution in [-0.4, -0.2) is 38.1 Å². The molecule has 9 heteroatoms. The van der Waals surface area contributed by atoms with Gasteiger partial charge in [-0.15, -0.1) is 0 Å². The highest BCUT2D eigenvalue weighted by molar-refractivity contribution is 6.14. The van der Waals surface area contributed by atoms with Crippen LogP contribution in [0.2, 0.25) is 0 Å². The quantitative estimate of drug-likeness (QED) is 0.175. The van der Waals surface area contributed by atoms with Crippen molar-refractivity contribution in [3.63, 3.8) is 0 Å². The van der Waals surface area contributed by atoms with Gasteiger partial charge >= 0.3 is 6.18 Å². The molecule has 2 unspecified atom stereocenters. The number of allylic oxidation sites excluding steroid dienone is 2. The molecular weight excluding hydrogens is 559 g/mol. The second-order valence-electron chi connectivity index (χ2n) is 10.1. The molecule has 0 heterocycles. The van der Waals surface area contributed by atoms with E-state index < -0.39 is 35.3 Å². The van der Waals surface area contributed by atoms with E-state index in [9.17, 15) is 27.6 Å². The van der Waals surface area contributed by atoms with Crippen LogP contribution in [0.4, 0.5) is 13.2 Å². The summed E-state index contributed by atoms with van der Waals surface area (Å²) in [6.45, 7) is 5.02. The minimum absolute atomic E-state index is 0.205. The Balaban J connectivity index is 2.06. The van der Waals surface area contributed by atoms with Crippen LogP contribution in [0.1, 0.15) is 46.3 Å². The van der Waals surface area contributed by atoms with Gasteiger partial charge in [-0.05, 0) is 85.0 Å². The van der Waals surface area contributed by atoms with Crippen molar-refractivity contribution in [1.82, 2.24) is 5.32 Å². The molecule has 6 nitrogen and oxygen atoms in total. The number of alkyl halides is 3. The Labute approximate surface area is 249 Å². The molecule has 0 aliphatic rings. The number of ketones is 3. The van der Waals surface area contributed by atoms with Gasteiger partial charge in [0.1, 0.15) is 11.7 Å². The van der Waals surface area contributed by atoms with Gasteiger partial charge in [-0.1, -0.05) is 48.6 Å². The molecule has 0 amide bonds. The number of carbonyl (C=O) groups is 3. The highest BCUT2D eigenvalue weighted by atomic mass is 19.4. The zero-order valence-corrected chi connectivity index (χ0v) is 24.6. The lowest BCUT2D eigenvalue weighted by molar-refractivity contribution is -0.137. The minimum atomic E-state index is -4.57. The van der Waals surface area contributed by atoms with E-state index in [4.69, 9.17) is 9.47 Å². The van der Waals surface area contributed by atoms with E-state index in [1.54, 1.807) is 24.3 Å². The van der Waals surface area contributed by atoms with Crippen molar-refractivity contribution in [2.75, 3.05) is 20.8 Å². The SMILES string of the molecule is COc1ccc(/C=C/C(=O)C(C(=O)/C=C/c2ccc(C)c(C)c2)C(NCC(C)=O)c2ccc(C(F)(F)F)cc2)cc1OC. The Morgan fingerprint density at radius 3 is 1.86 bits per heavy atom. The van der Waals surface area contributed by atoms with Crippen molar-refractivity contribution in [2.45, 2.75) is 33.0 Å². The molecule has 3 aromatic carbocycles. The Kier molecular flexibility index (Phi) is 11.2. The molecule has 0 saturated heterocycles. The van der Waals surface area contributed by atoms with Crippen molar-refractivity contribution in [3.8, 4) is 11.5 Å². The number of Topliss-reactive ketones (excluding diaryl/α,β-unsaturated/α-hetero) is 1. The molecule has 0 aromatic heterocycles. The van der Waals surface area contributed by atoms with Crippen LogP contribution in [0.3, 0.4) is 0 Å². The van der Waals surface area contributed by atoms with Gasteiger partial charge in [0, 0.05) is 6.04 Å². The normalized spacial score (nSPS) is 13.2. The van der Waals surface area contributed by atoms with Crippen LogP contribution >= 0.6 is 0 Å². The topological polar surface area (TPSA) is 81.7 Å². The first-order valence-corrected chi connectivity index (χ1v) is 13.5. The third-order valence-electron chi connectivity index (χ3n) is 6.93. The van der Waals surface area contributed by atoms with Gasteiger partial charge < -0.3 is 14.8 Å². The first-order valence-electron chi connectivity index (χ1n) is 13.5. The predicted molar refractivity (Wildman–Crippen MR) is 160 cm³/mol. The average molecular weight is 594 g/mol. The van der Waals surface area contributed by atoms with E-state index in [2.05, 4.69) is 5.32 Å². The van der Waals surface area contributed by atoms with Crippen molar-refractivity contribution in [1.29, 1.82) is 0 Å². The lowest BCUT2D eigenvalue weighted by atomic mass is 9.84. The maximum atomic E-state index is 13.7. The summed E-state index contributed by atoms with van der Waals surface area (Å²) in [5.41, 5.74) is 2.80. The molecule has 0 bridgehead atoms. The predicted octanol–water partition coefficient (Wildman–Crippen LogP) is 6.74. The van der Waals surface area contributed by atoms with Crippen LogP contribution in [0.5, 0.6) is 11.5 Å². The van der Waals surface area contributed by atoms with Crippen molar-refractivity contribution >= 4 is 29.5 Å². The highest BCUT2D eigenvalue weighted by Crippen LogP contribution is 2.32. The van der Waals surface area contributed by atoms with E-state index in [0.717, 1.165) is 28.8 Å². The van der Waals surface area contributed by atoms with Gasteiger partial charge in [-0.3, -0.25) is 14.4 Å². The summed E-state index contributed by atoms with van der Waals surface area (Å²) in [7, 11) is 2.97. The fourth-order valence-corrected chi connectivity index (χ4v) is 4.42. The second-order valence-corrected chi connectivity index (χ2v) is 10.1. The maximum Gasteiger partial charge on any atom is 0.416 e. The largest absolute Gasteiger partial charge is 0.493 e. The van der Waals surface area contributed by atoms with Gasteiger partial charge in [0.15, 0.2) is 23.1 Å². The maximum absolute atomic E-state index is 13.7. The summed E-state index contributed by atoms with van der Waals surface area (Å²) < 4.78 is 50.4. The molecule has 0 aliphatic heterocycles. The molecule has 226 valence electrons. The number of halogens is 3. The second kappa shape index (κ2) is 14.6. The number of hydrogen-bond acceptors (Lipinski definition) is 6. The minimum Gasteiger partial charge on any atom is -0.493 e. The third-order valence-corrected chi connectivity index (χ3v) is 6.93. The number of rotatable bonds is 13. The van der Waals surface area contributed by atoms with Crippen molar-refractivity contribution in [2.24, 2.45) is 5.92 Å². The smallest absolute Gasteiger partial charge is 0.416 e. The molecule has 0 spiro atoms. The van der Waals surface area contributed by atoms with Gasteiger partial charge in [0.2, 0.25) is 0 Å². The summed E-state index contributed by atoms with van der Waals surface area (Å²) in [5, 5.41) is 2.93. The van der Waals surface area contributed by atoms with E-state index in [1.165, 1.54) is 51.5 Å². The molecule has 0 radical (unpaired) electrons. The first-order chi connectivity index (χ1) is 20.3. The fraction of sp³-hybridized carbons (Fsp3) is 0.265. The molecule has 0 fully saturated rings. The number of carbonyl (C=O) groups excluding carboxylic acids is 3. The molecule has 0 aliphatic carbocycles. The molecule has 3 aromatic rings.